The highest BCUT2D eigenvalue weighted by Crippen LogP contribution is 2.34. The molecule has 0 saturated carbocycles. The van der Waals surface area contributed by atoms with Crippen LogP contribution < -0.4 is 5.32 Å². The molecule has 0 saturated heterocycles. The molecule has 1 rings (SSSR count). The molecule has 4 heteroatoms. The molecule has 0 radical (unpaired) electrons. The minimum Gasteiger partial charge on any atom is -0.329 e. The van der Waals surface area contributed by atoms with Crippen molar-refractivity contribution in [1.29, 1.82) is 0 Å². The van der Waals surface area contributed by atoms with Crippen LogP contribution in [-0.2, 0) is 10.7 Å². The average Bonchev–Trinajstić information content (AvgIpc) is 2.51. The first kappa shape index (κ1) is 17.8. The van der Waals surface area contributed by atoms with Gasteiger partial charge in [-0.1, -0.05) is 50.3 Å². The number of carbonyl (C=O) groups is 1. The van der Waals surface area contributed by atoms with E-state index in [2.05, 4.69) is 11.9 Å². The maximum atomic E-state index is 14.0. The Kier molecular flexibility index (Phi) is 6.70. The lowest BCUT2D eigenvalue weighted by molar-refractivity contribution is -0.108. The van der Waals surface area contributed by atoms with E-state index in [1.807, 2.05) is 0 Å². The Labute approximate surface area is 130 Å². The van der Waals surface area contributed by atoms with Crippen LogP contribution in [0.1, 0.15) is 37.8 Å². The van der Waals surface area contributed by atoms with E-state index in [0.717, 1.165) is 0 Å². The number of allylic oxidation sites excluding steroid dienone is 4. The van der Waals surface area contributed by atoms with Crippen LogP contribution in [0.4, 0.5) is 8.78 Å². The topological polar surface area (TPSA) is 29.1 Å². The van der Waals surface area contributed by atoms with Crippen molar-refractivity contribution in [3.63, 3.8) is 0 Å². The summed E-state index contributed by atoms with van der Waals surface area (Å²) in [6, 6.07) is 6.25. The van der Waals surface area contributed by atoms with Crippen molar-refractivity contribution >= 4 is 12.0 Å². The molecule has 0 aliphatic carbocycles. The smallest absolute Gasteiger partial charge is 0.273 e. The Morgan fingerprint density at radius 2 is 2.14 bits per heavy atom. The van der Waals surface area contributed by atoms with Crippen LogP contribution in [0.5, 0.6) is 0 Å². The molecule has 1 aromatic carbocycles. The molecule has 0 aromatic heterocycles. The first-order chi connectivity index (χ1) is 10.5. The van der Waals surface area contributed by atoms with Crippen molar-refractivity contribution in [2.75, 3.05) is 0 Å². The maximum absolute atomic E-state index is 14.0. The second-order valence-corrected chi connectivity index (χ2v) is 4.85. The number of amides is 1. The summed E-state index contributed by atoms with van der Waals surface area (Å²) < 4.78 is 28.1. The van der Waals surface area contributed by atoms with Gasteiger partial charge in [0.1, 0.15) is 0 Å². The third-order valence-corrected chi connectivity index (χ3v) is 3.25. The number of hydrogen-bond donors (Lipinski definition) is 1. The van der Waals surface area contributed by atoms with Gasteiger partial charge in [0.2, 0.25) is 6.41 Å². The Bertz CT molecular complexity index is 589. The second kappa shape index (κ2) is 8.27. The summed E-state index contributed by atoms with van der Waals surface area (Å²) in [6.07, 6.45) is 5.78. The quantitative estimate of drug-likeness (QED) is 0.542. The van der Waals surface area contributed by atoms with Gasteiger partial charge in [0, 0.05) is 17.7 Å². The van der Waals surface area contributed by atoms with Crippen molar-refractivity contribution < 1.29 is 13.6 Å². The minimum absolute atomic E-state index is 0.00928. The summed E-state index contributed by atoms with van der Waals surface area (Å²) in [6.45, 7) is 7.22. The highest BCUT2D eigenvalue weighted by molar-refractivity contribution is 5.76. The number of nitrogens with one attached hydrogen (secondary N) is 1. The lowest BCUT2D eigenvalue weighted by Gasteiger charge is -2.17. The average molecular weight is 305 g/mol. The van der Waals surface area contributed by atoms with E-state index in [-0.39, 0.29) is 12.0 Å². The molecular weight excluding hydrogens is 284 g/mol. The molecule has 118 valence electrons. The van der Waals surface area contributed by atoms with Crippen LogP contribution in [0, 0.1) is 0 Å². The fourth-order valence-corrected chi connectivity index (χ4v) is 2.09. The number of alkyl halides is 2. The molecule has 0 bridgehead atoms. The molecule has 0 unspecified atom stereocenters. The predicted molar refractivity (Wildman–Crippen MR) is 86.4 cm³/mol. The van der Waals surface area contributed by atoms with Crippen LogP contribution >= 0.6 is 0 Å². The Morgan fingerprint density at radius 3 is 2.68 bits per heavy atom. The van der Waals surface area contributed by atoms with Crippen LogP contribution in [-0.4, -0.2) is 6.41 Å². The monoisotopic (exact) mass is 305 g/mol. The summed E-state index contributed by atoms with van der Waals surface area (Å²) in [4.78, 5) is 10.5. The van der Waals surface area contributed by atoms with Gasteiger partial charge in [-0.15, -0.1) is 0 Å². The summed E-state index contributed by atoms with van der Waals surface area (Å²) in [5.74, 6) is -2.85. The van der Waals surface area contributed by atoms with Crippen LogP contribution in [0.15, 0.2) is 54.8 Å². The number of rotatable bonds is 8. The zero-order valence-electron chi connectivity index (χ0n) is 12.9. The van der Waals surface area contributed by atoms with E-state index in [1.165, 1.54) is 12.1 Å². The highest BCUT2D eigenvalue weighted by atomic mass is 19.3. The molecule has 0 fully saturated rings. The fourth-order valence-electron chi connectivity index (χ4n) is 2.09. The van der Waals surface area contributed by atoms with Gasteiger partial charge in [-0.25, -0.2) is 8.78 Å². The van der Waals surface area contributed by atoms with Crippen molar-refractivity contribution in [1.82, 2.24) is 5.32 Å². The van der Waals surface area contributed by atoms with Gasteiger partial charge in [0.05, 0.1) is 0 Å². The molecular formula is C18H21F2NO. The third kappa shape index (κ3) is 4.65. The Hall–Kier alpha value is -2.23. The molecule has 0 heterocycles. The van der Waals surface area contributed by atoms with Crippen molar-refractivity contribution in [3.8, 4) is 0 Å². The van der Waals surface area contributed by atoms with Gasteiger partial charge in [-0.3, -0.25) is 4.79 Å². The number of hydrogen-bond acceptors (Lipinski definition) is 1. The molecule has 1 N–H and O–H groups in total. The molecule has 2 nitrogen and oxygen atoms in total. The van der Waals surface area contributed by atoms with Gasteiger partial charge in [-0.2, -0.15) is 0 Å². The van der Waals surface area contributed by atoms with Gasteiger partial charge >= 0.3 is 0 Å². The molecule has 0 atom stereocenters. The second-order valence-electron chi connectivity index (χ2n) is 4.85. The van der Waals surface area contributed by atoms with Crippen molar-refractivity contribution in [2.24, 2.45) is 0 Å². The first-order valence-corrected chi connectivity index (χ1v) is 7.17. The maximum Gasteiger partial charge on any atom is 0.273 e. The van der Waals surface area contributed by atoms with Crippen molar-refractivity contribution in [3.05, 3.63) is 65.9 Å². The number of halogens is 2. The van der Waals surface area contributed by atoms with Gasteiger partial charge in [0.15, 0.2) is 0 Å². The largest absolute Gasteiger partial charge is 0.329 e. The lowest BCUT2D eigenvalue weighted by atomic mass is 9.97. The first-order valence-electron chi connectivity index (χ1n) is 7.17. The molecule has 0 spiro atoms. The molecule has 0 aliphatic heterocycles. The summed E-state index contributed by atoms with van der Waals surface area (Å²) in [7, 11) is 0. The summed E-state index contributed by atoms with van der Waals surface area (Å²) in [5.41, 5.74) is 1.87. The lowest BCUT2D eigenvalue weighted by Crippen LogP contribution is -2.13. The normalized spacial score (nSPS) is 12.9. The Morgan fingerprint density at radius 1 is 1.41 bits per heavy atom. The van der Waals surface area contributed by atoms with E-state index < -0.39 is 5.92 Å². The SMILES string of the molecule is C=C/C(=C\C(=C\C)NC=O)c1cccc(C(F)(F)CCC)c1. The number of benzene rings is 1. The molecule has 1 aromatic rings. The van der Waals surface area contributed by atoms with Crippen LogP contribution in [0.3, 0.4) is 0 Å². The molecule has 22 heavy (non-hydrogen) atoms. The van der Waals surface area contributed by atoms with Gasteiger partial charge in [-0.05, 0) is 30.2 Å². The van der Waals surface area contributed by atoms with Gasteiger partial charge < -0.3 is 5.32 Å². The summed E-state index contributed by atoms with van der Waals surface area (Å²) >= 11 is 0. The van der Waals surface area contributed by atoms with E-state index in [9.17, 15) is 13.6 Å². The van der Waals surface area contributed by atoms with E-state index >= 15 is 0 Å². The van der Waals surface area contributed by atoms with Crippen LogP contribution in [0.2, 0.25) is 0 Å². The molecule has 1 amide bonds. The van der Waals surface area contributed by atoms with E-state index in [0.29, 0.717) is 29.7 Å². The standard InChI is InChI=1S/C18H21F2NO/c1-4-10-18(19,20)16-9-7-8-15(11-16)14(5-2)12-17(6-3)21-13-22/h5-9,11-13H,2,4,10H2,1,3H3,(H,21,22)/b14-12+,17-6-. The highest BCUT2D eigenvalue weighted by Gasteiger charge is 2.30. The Balaban J connectivity index is 3.22. The predicted octanol–water partition coefficient (Wildman–Crippen LogP) is 4.80. The zero-order valence-corrected chi connectivity index (χ0v) is 12.9. The fraction of sp³-hybridized carbons (Fsp3) is 0.278. The van der Waals surface area contributed by atoms with Crippen LogP contribution in [0.25, 0.3) is 5.57 Å². The van der Waals surface area contributed by atoms with E-state index in [4.69, 9.17) is 0 Å². The van der Waals surface area contributed by atoms with Crippen molar-refractivity contribution in [2.45, 2.75) is 32.6 Å². The summed E-state index contributed by atoms with van der Waals surface area (Å²) in [5, 5.41) is 2.54. The molecule has 0 aliphatic rings. The van der Waals surface area contributed by atoms with E-state index in [1.54, 1.807) is 44.2 Å². The van der Waals surface area contributed by atoms with Gasteiger partial charge in [0.25, 0.3) is 5.92 Å². The minimum atomic E-state index is -2.85. The zero-order chi connectivity index (χ0) is 16.6. The number of carbonyl (C=O) groups excluding carboxylic acids is 1. The third-order valence-electron chi connectivity index (χ3n) is 3.25.